The van der Waals surface area contributed by atoms with Crippen LogP contribution in [0.15, 0.2) is 72.0 Å². The molecule has 31 heavy (non-hydrogen) atoms. The molecule has 0 radical (unpaired) electrons. The van der Waals surface area contributed by atoms with Crippen molar-refractivity contribution in [3.05, 3.63) is 89.8 Å². The predicted octanol–water partition coefficient (Wildman–Crippen LogP) is 4.05. The number of aliphatic imine (C=N–C) groups is 1. The highest BCUT2D eigenvalue weighted by molar-refractivity contribution is 5.79. The van der Waals surface area contributed by atoms with Gasteiger partial charge in [0.2, 0.25) is 0 Å². The quantitative estimate of drug-likeness (QED) is 0.406. The standard InChI is InChI=1S/C25H30FN5/c1-27-24(30-19-25(12-13-25)21-10-5-11-22(26)17-21)29-18-23-28-14-16-31(23)15-6-9-20-7-3-2-4-8-20/h2-5,7-8,10-11,14,16-17H,6,9,12-13,15,18-19H2,1H3,(H2,27,29,30). The number of nitrogens with zero attached hydrogens (tertiary/aromatic N) is 3. The van der Waals surface area contributed by atoms with Crippen LogP contribution in [0.3, 0.4) is 0 Å². The largest absolute Gasteiger partial charge is 0.356 e. The number of imidazole rings is 1. The zero-order chi connectivity index (χ0) is 21.5. The van der Waals surface area contributed by atoms with E-state index in [4.69, 9.17) is 0 Å². The van der Waals surface area contributed by atoms with Crippen LogP contribution in [0.1, 0.15) is 36.2 Å². The maximum atomic E-state index is 13.6. The van der Waals surface area contributed by atoms with Gasteiger partial charge in [0.25, 0.3) is 0 Å². The predicted molar refractivity (Wildman–Crippen MR) is 123 cm³/mol. The molecule has 0 saturated heterocycles. The molecule has 2 aromatic carbocycles. The summed E-state index contributed by atoms with van der Waals surface area (Å²) in [5.41, 5.74) is 2.43. The summed E-state index contributed by atoms with van der Waals surface area (Å²) in [6.45, 7) is 2.27. The second kappa shape index (κ2) is 9.77. The van der Waals surface area contributed by atoms with Crippen molar-refractivity contribution in [3.8, 4) is 0 Å². The Balaban J connectivity index is 1.26. The van der Waals surface area contributed by atoms with Gasteiger partial charge < -0.3 is 15.2 Å². The maximum Gasteiger partial charge on any atom is 0.191 e. The monoisotopic (exact) mass is 419 g/mol. The minimum absolute atomic E-state index is 0.00955. The van der Waals surface area contributed by atoms with Gasteiger partial charge in [-0.1, -0.05) is 42.5 Å². The molecule has 6 heteroatoms. The van der Waals surface area contributed by atoms with E-state index in [-0.39, 0.29) is 11.2 Å². The minimum atomic E-state index is -0.176. The van der Waals surface area contributed by atoms with Crippen LogP contribution in [-0.4, -0.2) is 29.1 Å². The molecule has 3 aromatic rings. The molecule has 1 aliphatic rings. The van der Waals surface area contributed by atoms with Gasteiger partial charge in [-0.25, -0.2) is 9.37 Å². The Labute approximate surface area is 183 Å². The Kier molecular flexibility index (Phi) is 6.65. The summed E-state index contributed by atoms with van der Waals surface area (Å²) in [4.78, 5) is 8.85. The molecule has 1 heterocycles. The Bertz CT molecular complexity index is 1010. The van der Waals surface area contributed by atoms with Crippen LogP contribution in [0.5, 0.6) is 0 Å². The average Bonchev–Trinajstić information content (AvgIpc) is 3.46. The first-order valence-electron chi connectivity index (χ1n) is 10.9. The fourth-order valence-corrected chi connectivity index (χ4v) is 3.98. The lowest BCUT2D eigenvalue weighted by atomic mass is 9.96. The summed E-state index contributed by atoms with van der Waals surface area (Å²) >= 11 is 0. The van der Waals surface area contributed by atoms with Crippen LogP contribution in [0.4, 0.5) is 4.39 Å². The Hall–Kier alpha value is -3.15. The van der Waals surface area contributed by atoms with E-state index in [2.05, 4.69) is 49.4 Å². The lowest BCUT2D eigenvalue weighted by molar-refractivity contribution is 0.593. The van der Waals surface area contributed by atoms with Crippen LogP contribution in [0, 0.1) is 5.82 Å². The van der Waals surface area contributed by atoms with Gasteiger partial charge >= 0.3 is 0 Å². The first-order chi connectivity index (χ1) is 15.2. The molecule has 1 aliphatic carbocycles. The van der Waals surface area contributed by atoms with Crippen LogP contribution >= 0.6 is 0 Å². The van der Waals surface area contributed by atoms with E-state index in [1.54, 1.807) is 19.2 Å². The van der Waals surface area contributed by atoms with E-state index >= 15 is 0 Å². The Morgan fingerprint density at radius 1 is 1.13 bits per heavy atom. The first kappa shape index (κ1) is 21.1. The van der Waals surface area contributed by atoms with Crippen molar-refractivity contribution in [2.24, 2.45) is 4.99 Å². The number of guanidine groups is 1. The minimum Gasteiger partial charge on any atom is -0.356 e. The molecule has 162 valence electrons. The van der Waals surface area contributed by atoms with Gasteiger partial charge in [-0.2, -0.15) is 0 Å². The molecule has 5 nitrogen and oxygen atoms in total. The number of aryl methyl sites for hydroxylation is 2. The van der Waals surface area contributed by atoms with Crippen LogP contribution in [0.25, 0.3) is 0 Å². The van der Waals surface area contributed by atoms with E-state index in [0.717, 1.165) is 56.1 Å². The van der Waals surface area contributed by atoms with E-state index in [9.17, 15) is 4.39 Å². The number of hydrogen-bond acceptors (Lipinski definition) is 2. The lowest BCUT2D eigenvalue weighted by Crippen LogP contribution is -2.41. The molecule has 1 fully saturated rings. The van der Waals surface area contributed by atoms with E-state index in [1.165, 1.54) is 11.6 Å². The number of rotatable bonds is 9. The van der Waals surface area contributed by atoms with Crippen molar-refractivity contribution in [3.63, 3.8) is 0 Å². The molecule has 1 saturated carbocycles. The second-order valence-electron chi connectivity index (χ2n) is 8.20. The van der Waals surface area contributed by atoms with Gasteiger partial charge in [0.1, 0.15) is 11.6 Å². The highest BCUT2D eigenvalue weighted by Crippen LogP contribution is 2.47. The van der Waals surface area contributed by atoms with Crippen molar-refractivity contribution in [2.45, 2.75) is 44.2 Å². The highest BCUT2D eigenvalue weighted by Gasteiger charge is 2.44. The summed E-state index contributed by atoms with van der Waals surface area (Å²) in [5.74, 6) is 1.55. The fourth-order valence-electron chi connectivity index (χ4n) is 3.98. The smallest absolute Gasteiger partial charge is 0.191 e. The number of benzene rings is 2. The molecule has 0 amide bonds. The van der Waals surface area contributed by atoms with Crippen molar-refractivity contribution in [1.29, 1.82) is 0 Å². The van der Waals surface area contributed by atoms with Gasteiger partial charge in [0, 0.05) is 37.9 Å². The van der Waals surface area contributed by atoms with E-state index < -0.39 is 0 Å². The molecule has 4 rings (SSSR count). The summed E-state index contributed by atoms with van der Waals surface area (Å²) in [6, 6.07) is 17.5. The fraction of sp³-hybridized carbons (Fsp3) is 0.360. The lowest BCUT2D eigenvalue weighted by Gasteiger charge is -2.19. The summed E-state index contributed by atoms with van der Waals surface area (Å²) in [7, 11) is 1.77. The Morgan fingerprint density at radius 2 is 1.97 bits per heavy atom. The van der Waals surface area contributed by atoms with Crippen molar-refractivity contribution < 1.29 is 4.39 Å². The van der Waals surface area contributed by atoms with Gasteiger partial charge in [0.15, 0.2) is 5.96 Å². The van der Waals surface area contributed by atoms with Crippen LogP contribution < -0.4 is 10.6 Å². The van der Waals surface area contributed by atoms with Gasteiger partial charge in [-0.05, 0) is 48.9 Å². The maximum absolute atomic E-state index is 13.6. The number of nitrogens with one attached hydrogen (secondary N) is 2. The zero-order valence-electron chi connectivity index (χ0n) is 18.0. The molecule has 0 unspecified atom stereocenters. The molecule has 0 atom stereocenters. The molecular formula is C25H30FN5. The van der Waals surface area contributed by atoms with Crippen LogP contribution in [0.2, 0.25) is 0 Å². The summed E-state index contributed by atoms with van der Waals surface area (Å²) in [5, 5.41) is 6.78. The third kappa shape index (κ3) is 5.51. The van der Waals surface area contributed by atoms with Gasteiger partial charge in [-0.15, -0.1) is 0 Å². The van der Waals surface area contributed by atoms with Crippen LogP contribution in [-0.2, 0) is 24.9 Å². The third-order valence-corrected chi connectivity index (χ3v) is 6.03. The first-order valence-corrected chi connectivity index (χ1v) is 10.9. The Morgan fingerprint density at radius 3 is 2.71 bits per heavy atom. The number of hydrogen-bond donors (Lipinski definition) is 2. The highest BCUT2D eigenvalue weighted by atomic mass is 19.1. The van der Waals surface area contributed by atoms with E-state index in [1.807, 2.05) is 24.5 Å². The second-order valence-corrected chi connectivity index (χ2v) is 8.20. The van der Waals surface area contributed by atoms with Crippen molar-refractivity contribution in [2.75, 3.05) is 13.6 Å². The van der Waals surface area contributed by atoms with Crippen molar-refractivity contribution >= 4 is 5.96 Å². The number of aromatic nitrogens is 2. The summed E-state index contributed by atoms with van der Waals surface area (Å²) < 4.78 is 15.8. The van der Waals surface area contributed by atoms with Gasteiger partial charge in [0.05, 0.1) is 6.54 Å². The van der Waals surface area contributed by atoms with Gasteiger partial charge in [-0.3, -0.25) is 4.99 Å². The molecule has 0 aliphatic heterocycles. The van der Waals surface area contributed by atoms with Crippen molar-refractivity contribution in [1.82, 2.24) is 20.2 Å². The van der Waals surface area contributed by atoms with E-state index in [0.29, 0.717) is 6.54 Å². The topological polar surface area (TPSA) is 54.2 Å². The third-order valence-electron chi connectivity index (χ3n) is 6.03. The molecular weight excluding hydrogens is 389 g/mol. The molecule has 0 spiro atoms. The summed E-state index contributed by atoms with van der Waals surface area (Å²) in [6.07, 6.45) is 8.12. The zero-order valence-corrected chi connectivity index (χ0v) is 18.0. The normalized spacial score (nSPS) is 15.0. The SMILES string of the molecule is CN=C(NCc1nccn1CCCc1ccccc1)NCC1(c2cccc(F)c2)CC1. The molecule has 2 N–H and O–H groups in total. The number of halogens is 1. The molecule has 1 aromatic heterocycles. The molecule has 0 bridgehead atoms. The average molecular weight is 420 g/mol.